The molecular weight excluding hydrogens is 212 g/mol. The molecule has 2 amide bonds. The zero-order chi connectivity index (χ0) is 12.9. The summed E-state index contributed by atoms with van der Waals surface area (Å²) in [6, 6.07) is -1.27. The third-order valence-electron chi connectivity index (χ3n) is 2.61. The molecule has 16 heavy (non-hydrogen) atoms. The Morgan fingerprint density at radius 2 is 1.75 bits per heavy atom. The highest BCUT2D eigenvalue weighted by atomic mass is 16.5. The van der Waals surface area contributed by atoms with Crippen molar-refractivity contribution in [1.82, 2.24) is 9.80 Å². The van der Waals surface area contributed by atoms with Gasteiger partial charge in [-0.2, -0.15) is 0 Å². The molecular formula is C10H20N2O4. The Morgan fingerprint density at radius 3 is 2.12 bits per heavy atom. The van der Waals surface area contributed by atoms with Crippen molar-refractivity contribution in [2.45, 2.75) is 25.9 Å². The molecule has 0 aromatic carbocycles. The van der Waals surface area contributed by atoms with E-state index < -0.39 is 12.0 Å². The van der Waals surface area contributed by atoms with Crippen molar-refractivity contribution in [3.05, 3.63) is 0 Å². The minimum Gasteiger partial charge on any atom is -0.480 e. The van der Waals surface area contributed by atoms with Gasteiger partial charge in [0.1, 0.15) is 6.04 Å². The molecule has 0 radical (unpaired) electrons. The number of carbonyl (C=O) groups is 2. The Bertz CT molecular complexity index is 257. The van der Waals surface area contributed by atoms with Crippen LogP contribution in [0, 0.1) is 0 Å². The van der Waals surface area contributed by atoms with E-state index in [9.17, 15) is 9.59 Å². The molecule has 0 aliphatic rings. The van der Waals surface area contributed by atoms with Crippen molar-refractivity contribution >= 4 is 12.0 Å². The number of amides is 2. The number of carboxylic acids is 1. The molecule has 6 heteroatoms. The molecule has 0 saturated carbocycles. The van der Waals surface area contributed by atoms with Gasteiger partial charge in [0.2, 0.25) is 0 Å². The molecule has 6 nitrogen and oxygen atoms in total. The van der Waals surface area contributed by atoms with Crippen LogP contribution in [0.4, 0.5) is 4.79 Å². The molecule has 94 valence electrons. The maximum absolute atomic E-state index is 11.8. The van der Waals surface area contributed by atoms with E-state index in [1.807, 2.05) is 6.92 Å². The molecule has 0 fully saturated rings. The van der Waals surface area contributed by atoms with E-state index >= 15 is 0 Å². The molecule has 0 aromatic rings. The third kappa shape index (κ3) is 3.69. The van der Waals surface area contributed by atoms with E-state index in [1.165, 1.54) is 23.8 Å². The van der Waals surface area contributed by atoms with Gasteiger partial charge in [-0.1, -0.05) is 0 Å². The number of carbonyl (C=O) groups excluding carboxylic acids is 1. The molecule has 0 aromatic heterocycles. The number of hydrogen-bond donors (Lipinski definition) is 1. The van der Waals surface area contributed by atoms with Crippen LogP contribution in [0.2, 0.25) is 0 Å². The average Bonchev–Trinajstić information content (AvgIpc) is 2.25. The predicted octanol–water partition coefficient (Wildman–Crippen LogP) is 0.478. The Balaban J connectivity index is 4.48. The van der Waals surface area contributed by atoms with E-state index in [2.05, 4.69) is 0 Å². The summed E-state index contributed by atoms with van der Waals surface area (Å²) in [7, 11) is 4.65. The van der Waals surface area contributed by atoms with Gasteiger partial charge in [-0.3, -0.25) is 0 Å². The van der Waals surface area contributed by atoms with Crippen molar-refractivity contribution in [3.63, 3.8) is 0 Å². The highest BCUT2D eigenvalue weighted by Gasteiger charge is 2.26. The number of carboxylic acid groups (broad SMARTS) is 1. The monoisotopic (exact) mass is 232 g/mol. The standard InChI is InChI=1S/C10H20N2O4/c1-7(6-16-5)11(3)10(15)12(4)8(2)9(13)14/h7-8H,6H2,1-5H3,(H,13,14). The third-order valence-corrected chi connectivity index (χ3v) is 2.61. The lowest BCUT2D eigenvalue weighted by atomic mass is 10.3. The predicted molar refractivity (Wildman–Crippen MR) is 59.4 cm³/mol. The smallest absolute Gasteiger partial charge is 0.326 e. The second-order valence-corrected chi connectivity index (χ2v) is 3.82. The van der Waals surface area contributed by atoms with E-state index in [0.29, 0.717) is 6.61 Å². The number of hydrogen-bond acceptors (Lipinski definition) is 3. The van der Waals surface area contributed by atoms with Crippen LogP contribution < -0.4 is 0 Å². The van der Waals surface area contributed by atoms with Crippen LogP contribution in [-0.2, 0) is 9.53 Å². The molecule has 2 atom stereocenters. The van der Waals surface area contributed by atoms with Gasteiger partial charge >= 0.3 is 12.0 Å². The number of nitrogens with zero attached hydrogens (tertiary/aromatic N) is 2. The summed E-state index contributed by atoms with van der Waals surface area (Å²) >= 11 is 0. The van der Waals surface area contributed by atoms with Gasteiger partial charge in [-0.25, -0.2) is 9.59 Å². The fourth-order valence-corrected chi connectivity index (χ4v) is 1.12. The van der Waals surface area contributed by atoms with Crippen molar-refractivity contribution in [2.24, 2.45) is 0 Å². The SMILES string of the molecule is COCC(C)N(C)C(=O)N(C)C(C)C(=O)O. The summed E-state index contributed by atoms with van der Waals surface area (Å²) in [5.41, 5.74) is 0. The van der Waals surface area contributed by atoms with Crippen LogP contribution in [-0.4, -0.2) is 66.8 Å². The first-order valence-electron chi connectivity index (χ1n) is 5.04. The number of ether oxygens (including phenoxy) is 1. The molecule has 0 aliphatic carbocycles. The average molecular weight is 232 g/mol. The lowest BCUT2D eigenvalue weighted by Gasteiger charge is -2.31. The van der Waals surface area contributed by atoms with Gasteiger partial charge in [-0.05, 0) is 13.8 Å². The summed E-state index contributed by atoms with van der Waals surface area (Å²) in [6.45, 7) is 3.72. The number of methoxy groups -OCH3 is 1. The summed E-state index contributed by atoms with van der Waals surface area (Å²) in [6.07, 6.45) is 0. The number of urea groups is 1. The Hall–Kier alpha value is -1.30. The highest BCUT2D eigenvalue weighted by Crippen LogP contribution is 2.05. The molecule has 0 bridgehead atoms. The zero-order valence-electron chi connectivity index (χ0n) is 10.4. The van der Waals surface area contributed by atoms with Crippen LogP contribution in [0.25, 0.3) is 0 Å². The van der Waals surface area contributed by atoms with Crippen LogP contribution in [0.5, 0.6) is 0 Å². The van der Waals surface area contributed by atoms with E-state index in [4.69, 9.17) is 9.84 Å². The minimum atomic E-state index is -1.02. The van der Waals surface area contributed by atoms with Gasteiger partial charge in [0.05, 0.1) is 12.6 Å². The van der Waals surface area contributed by atoms with Crippen LogP contribution in [0.15, 0.2) is 0 Å². The lowest BCUT2D eigenvalue weighted by Crippen LogP contribution is -2.49. The van der Waals surface area contributed by atoms with E-state index in [-0.39, 0.29) is 12.1 Å². The first-order valence-corrected chi connectivity index (χ1v) is 5.04. The van der Waals surface area contributed by atoms with Gasteiger partial charge < -0.3 is 19.6 Å². The van der Waals surface area contributed by atoms with E-state index in [1.54, 1.807) is 14.2 Å². The number of aliphatic carboxylic acids is 1. The Morgan fingerprint density at radius 1 is 1.25 bits per heavy atom. The van der Waals surface area contributed by atoms with Gasteiger partial charge in [-0.15, -0.1) is 0 Å². The molecule has 1 N–H and O–H groups in total. The molecule has 0 heterocycles. The van der Waals surface area contributed by atoms with Crippen LogP contribution in [0.1, 0.15) is 13.8 Å². The largest absolute Gasteiger partial charge is 0.480 e. The van der Waals surface area contributed by atoms with Crippen molar-refractivity contribution < 1.29 is 19.4 Å². The first kappa shape index (κ1) is 14.7. The van der Waals surface area contributed by atoms with Crippen molar-refractivity contribution in [1.29, 1.82) is 0 Å². The molecule has 2 unspecified atom stereocenters. The normalized spacial score (nSPS) is 14.1. The molecule has 0 aliphatic heterocycles. The maximum atomic E-state index is 11.8. The summed E-state index contributed by atoms with van der Waals surface area (Å²) in [5.74, 6) is -1.02. The van der Waals surface area contributed by atoms with Gasteiger partial charge in [0.15, 0.2) is 0 Å². The molecule has 0 rings (SSSR count). The van der Waals surface area contributed by atoms with E-state index in [0.717, 1.165) is 0 Å². The molecule has 0 spiro atoms. The fourth-order valence-electron chi connectivity index (χ4n) is 1.12. The van der Waals surface area contributed by atoms with Gasteiger partial charge in [0.25, 0.3) is 0 Å². The summed E-state index contributed by atoms with van der Waals surface area (Å²) < 4.78 is 4.93. The maximum Gasteiger partial charge on any atom is 0.326 e. The Labute approximate surface area is 95.8 Å². The van der Waals surface area contributed by atoms with Crippen molar-refractivity contribution in [3.8, 4) is 0 Å². The van der Waals surface area contributed by atoms with Crippen LogP contribution >= 0.6 is 0 Å². The number of likely N-dealkylation sites (N-methyl/N-ethyl adjacent to an activating group) is 2. The fraction of sp³-hybridized carbons (Fsp3) is 0.800. The van der Waals surface area contributed by atoms with Gasteiger partial charge in [0, 0.05) is 21.2 Å². The second-order valence-electron chi connectivity index (χ2n) is 3.82. The summed E-state index contributed by atoms with van der Waals surface area (Å²) in [4.78, 5) is 25.2. The lowest BCUT2D eigenvalue weighted by molar-refractivity contribution is -0.141. The zero-order valence-corrected chi connectivity index (χ0v) is 10.4. The van der Waals surface area contributed by atoms with Crippen molar-refractivity contribution in [2.75, 3.05) is 27.8 Å². The van der Waals surface area contributed by atoms with Crippen LogP contribution in [0.3, 0.4) is 0 Å². The summed E-state index contributed by atoms with van der Waals surface area (Å²) in [5, 5.41) is 8.79. The minimum absolute atomic E-state index is 0.0963. The Kier molecular flexibility index (Phi) is 5.81. The first-order chi connectivity index (χ1) is 7.32. The topological polar surface area (TPSA) is 70.1 Å². The quantitative estimate of drug-likeness (QED) is 0.748. The number of rotatable bonds is 5. The molecule has 0 saturated heterocycles. The highest BCUT2D eigenvalue weighted by molar-refractivity contribution is 5.82. The second kappa shape index (κ2) is 6.32.